The van der Waals surface area contributed by atoms with Gasteiger partial charge in [-0.2, -0.15) is 0 Å². The van der Waals surface area contributed by atoms with Crippen molar-refractivity contribution in [3.8, 4) is 0 Å². The molecule has 0 saturated carbocycles. The molecular formula is C5H8N2O3. The van der Waals surface area contributed by atoms with Crippen LogP contribution in [0.2, 0.25) is 0 Å². The quantitative estimate of drug-likeness (QED) is 0.447. The Morgan fingerprint density at radius 3 is 2.70 bits per heavy atom. The molecule has 1 saturated heterocycles. The van der Waals surface area contributed by atoms with Gasteiger partial charge in [-0.1, -0.05) is 0 Å². The molecule has 0 bridgehead atoms. The van der Waals surface area contributed by atoms with E-state index in [0.717, 1.165) is 0 Å². The number of carboxylic acids is 1. The number of amides is 1. The molecule has 1 rings (SSSR count). The van der Waals surface area contributed by atoms with Gasteiger partial charge in [-0.15, -0.1) is 0 Å². The Labute approximate surface area is 57.6 Å². The first-order valence-corrected chi connectivity index (χ1v) is 2.87. The van der Waals surface area contributed by atoms with Crippen molar-refractivity contribution in [2.24, 2.45) is 5.92 Å². The summed E-state index contributed by atoms with van der Waals surface area (Å²) in [6.07, 6.45) is 0. The highest BCUT2D eigenvalue weighted by Gasteiger charge is 2.34. The topological polar surface area (TPSA) is 69.6 Å². The maximum Gasteiger partial charge on any atom is 0.317 e. The first-order chi connectivity index (χ1) is 4.63. The van der Waals surface area contributed by atoms with Crippen molar-refractivity contribution < 1.29 is 14.7 Å². The van der Waals surface area contributed by atoms with Crippen LogP contribution in [-0.4, -0.2) is 35.6 Å². The summed E-state index contributed by atoms with van der Waals surface area (Å²) in [5.41, 5.74) is 2.60. The van der Waals surface area contributed by atoms with Crippen LogP contribution in [0.15, 0.2) is 0 Å². The normalized spacial score (nSPS) is 25.5. The fraction of sp³-hybridized carbons (Fsp3) is 0.600. The van der Waals surface area contributed by atoms with E-state index in [1.807, 2.05) is 0 Å². The molecule has 10 heavy (non-hydrogen) atoms. The Hall–Kier alpha value is -1.10. The van der Waals surface area contributed by atoms with Crippen molar-refractivity contribution in [3.05, 3.63) is 0 Å². The van der Waals surface area contributed by atoms with E-state index in [0.29, 0.717) is 0 Å². The summed E-state index contributed by atoms with van der Waals surface area (Å²) in [5.74, 6) is -2.35. The Morgan fingerprint density at radius 1 is 1.90 bits per heavy atom. The standard InChI is InChI=1S/C5H8N2O3/c1-7-4(8)3(2-6-7)5(9)10/h3,6H,2H2,1H3,(H,9,10). The van der Waals surface area contributed by atoms with Crippen molar-refractivity contribution in [1.82, 2.24) is 10.4 Å². The number of carbonyl (C=O) groups excluding carboxylic acids is 1. The van der Waals surface area contributed by atoms with Gasteiger partial charge in [-0.25, -0.2) is 5.43 Å². The third-order valence-corrected chi connectivity index (χ3v) is 1.46. The van der Waals surface area contributed by atoms with Gasteiger partial charge in [0.1, 0.15) is 0 Å². The SMILES string of the molecule is CN1NCC(C(=O)O)C1=O. The van der Waals surface area contributed by atoms with Gasteiger partial charge in [0.05, 0.1) is 0 Å². The number of hydrazine groups is 1. The van der Waals surface area contributed by atoms with E-state index in [1.165, 1.54) is 12.1 Å². The third-order valence-electron chi connectivity index (χ3n) is 1.46. The van der Waals surface area contributed by atoms with Crippen LogP contribution in [0.25, 0.3) is 0 Å². The molecule has 5 nitrogen and oxygen atoms in total. The zero-order valence-corrected chi connectivity index (χ0v) is 5.50. The van der Waals surface area contributed by atoms with Crippen LogP contribution >= 0.6 is 0 Å². The van der Waals surface area contributed by atoms with Gasteiger partial charge in [0.25, 0.3) is 5.91 Å². The van der Waals surface area contributed by atoms with E-state index in [-0.39, 0.29) is 12.5 Å². The molecule has 0 aromatic rings. The molecule has 0 aromatic carbocycles. The minimum atomic E-state index is -1.07. The van der Waals surface area contributed by atoms with Gasteiger partial charge in [0.15, 0.2) is 5.92 Å². The summed E-state index contributed by atoms with van der Waals surface area (Å²) in [6, 6.07) is 0. The van der Waals surface area contributed by atoms with E-state index < -0.39 is 11.9 Å². The summed E-state index contributed by atoms with van der Waals surface area (Å²) in [4.78, 5) is 21.1. The average Bonchev–Trinajstić information content (AvgIpc) is 2.14. The minimum absolute atomic E-state index is 0.199. The summed E-state index contributed by atoms with van der Waals surface area (Å²) in [5, 5.41) is 9.61. The number of nitrogens with one attached hydrogen (secondary N) is 1. The molecule has 56 valence electrons. The minimum Gasteiger partial charge on any atom is -0.481 e. The Morgan fingerprint density at radius 2 is 2.50 bits per heavy atom. The van der Waals surface area contributed by atoms with Crippen molar-refractivity contribution in [2.75, 3.05) is 13.6 Å². The monoisotopic (exact) mass is 144 g/mol. The van der Waals surface area contributed by atoms with Gasteiger partial charge in [-0.05, 0) is 0 Å². The number of carbonyl (C=O) groups is 2. The van der Waals surface area contributed by atoms with Crippen LogP contribution in [0.4, 0.5) is 0 Å². The molecule has 0 aliphatic carbocycles. The lowest BCUT2D eigenvalue weighted by atomic mass is 10.1. The fourth-order valence-electron chi connectivity index (χ4n) is 0.820. The Kier molecular flexibility index (Phi) is 1.58. The van der Waals surface area contributed by atoms with Crippen molar-refractivity contribution >= 4 is 11.9 Å². The number of carboxylic acid groups (broad SMARTS) is 1. The molecule has 1 aliphatic rings. The first-order valence-electron chi connectivity index (χ1n) is 2.87. The number of hydrogen-bond acceptors (Lipinski definition) is 3. The van der Waals surface area contributed by atoms with Crippen LogP contribution in [0, 0.1) is 5.92 Å². The number of rotatable bonds is 1. The highest BCUT2D eigenvalue weighted by molar-refractivity contribution is 5.98. The van der Waals surface area contributed by atoms with E-state index in [9.17, 15) is 9.59 Å². The molecule has 5 heteroatoms. The lowest BCUT2D eigenvalue weighted by molar-refractivity contribution is -0.146. The van der Waals surface area contributed by atoms with Gasteiger partial charge in [-0.3, -0.25) is 14.6 Å². The average molecular weight is 144 g/mol. The second-order valence-corrected chi connectivity index (χ2v) is 2.15. The predicted octanol–water partition coefficient (Wildman–Crippen LogP) is -1.34. The molecule has 1 heterocycles. The smallest absolute Gasteiger partial charge is 0.317 e. The number of hydrogen-bond donors (Lipinski definition) is 2. The molecule has 0 spiro atoms. The molecule has 0 aromatic heterocycles. The number of nitrogens with zero attached hydrogens (tertiary/aromatic N) is 1. The van der Waals surface area contributed by atoms with E-state index in [2.05, 4.69) is 5.43 Å². The predicted molar refractivity (Wildman–Crippen MR) is 31.9 cm³/mol. The lowest BCUT2D eigenvalue weighted by Gasteiger charge is -2.05. The van der Waals surface area contributed by atoms with Gasteiger partial charge >= 0.3 is 5.97 Å². The van der Waals surface area contributed by atoms with E-state index >= 15 is 0 Å². The molecule has 1 atom stereocenters. The molecule has 0 radical (unpaired) electrons. The third kappa shape index (κ3) is 0.950. The van der Waals surface area contributed by atoms with Crippen LogP contribution in [-0.2, 0) is 9.59 Å². The molecular weight excluding hydrogens is 136 g/mol. The van der Waals surface area contributed by atoms with Crippen molar-refractivity contribution in [1.29, 1.82) is 0 Å². The largest absolute Gasteiger partial charge is 0.481 e. The highest BCUT2D eigenvalue weighted by Crippen LogP contribution is 2.05. The summed E-state index contributed by atoms with van der Waals surface area (Å²) in [6.45, 7) is 0.199. The lowest BCUT2D eigenvalue weighted by Crippen LogP contribution is -2.30. The summed E-state index contributed by atoms with van der Waals surface area (Å²) >= 11 is 0. The summed E-state index contributed by atoms with van der Waals surface area (Å²) in [7, 11) is 1.51. The van der Waals surface area contributed by atoms with Gasteiger partial charge in [0.2, 0.25) is 0 Å². The zero-order chi connectivity index (χ0) is 7.72. The Bertz CT molecular complexity index is 180. The molecule has 1 unspecified atom stereocenters. The maximum absolute atomic E-state index is 10.8. The maximum atomic E-state index is 10.8. The van der Waals surface area contributed by atoms with Crippen LogP contribution < -0.4 is 5.43 Å². The summed E-state index contributed by atoms with van der Waals surface area (Å²) < 4.78 is 0. The molecule has 1 fully saturated rings. The van der Waals surface area contributed by atoms with Crippen LogP contribution in [0.3, 0.4) is 0 Å². The zero-order valence-electron chi connectivity index (χ0n) is 5.50. The van der Waals surface area contributed by atoms with Gasteiger partial charge in [0, 0.05) is 13.6 Å². The fourth-order valence-corrected chi connectivity index (χ4v) is 0.820. The second kappa shape index (κ2) is 2.26. The second-order valence-electron chi connectivity index (χ2n) is 2.15. The molecule has 1 amide bonds. The number of aliphatic carboxylic acids is 1. The molecule has 1 aliphatic heterocycles. The Balaban J connectivity index is 2.66. The van der Waals surface area contributed by atoms with Crippen molar-refractivity contribution in [3.63, 3.8) is 0 Å². The first kappa shape index (κ1) is 7.01. The van der Waals surface area contributed by atoms with Crippen LogP contribution in [0.1, 0.15) is 0 Å². The molecule has 2 N–H and O–H groups in total. The van der Waals surface area contributed by atoms with Crippen molar-refractivity contribution in [2.45, 2.75) is 0 Å². The highest BCUT2D eigenvalue weighted by atomic mass is 16.4. The van der Waals surface area contributed by atoms with Crippen LogP contribution in [0.5, 0.6) is 0 Å². The van der Waals surface area contributed by atoms with E-state index in [4.69, 9.17) is 5.11 Å². The van der Waals surface area contributed by atoms with Gasteiger partial charge < -0.3 is 5.11 Å². The van der Waals surface area contributed by atoms with E-state index in [1.54, 1.807) is 0 Å².